The molecule has 2 N–H and O–H groups in total. The van der Waals surface area contributed by atoms with Crippen molar-refractivity contribution in [1.29, 1.82) is 0 Å². The maximum atomic E-state index is 13.1. The number of benzene rings is 2. The monoisotopic (exact) mass is 551 g/mol. The number of anilines is 3. The van der Waals surface area contributed by atoms with Gasteiger partial charge in [-0.2, -0.15) is 13.2 Å². The van der Waals surface area contributed by atoms with Gasteiger partial charge in [0.25, 0.3) is 5.91 Å². The first-order valence-electron chi connectivity index (χ1n) is 11.3. The molecule has 7 nitrogen and oxygen atoms in total. The Labute approximate surface area is 221 Å². The molecule has 1 aliphatic rings. The van der Waals surface area contributed by atoms with Crippen molar-refractivity contribution in [3.8, 4) is 0 Å². The Morgan fingerprint density at radius 3 is 2.41 bits per heavy atom. The minimum atomic E-state index is -4.60. The first-order chi connectivity index (χ1) is 17.6. The van der Waals surface area contributed by atoms with Gasteiger partial charge in [-0.1, -0.05) is 35.3 Å². The van der Waals surface area contributed by atoms with Gasteiger partial charge >= 0.3 is 12.2 Å². The third-order valence-corrected chi connectivity index (χ3v) is 6.30. The smallest absolute Gasteiger partial charge is 0.355 e. The van der Waals surface area contributed by atoms with Crippen LogP contribution in [0.25, 0.3) is 0 Å². The van der Waals surface area contributed by atoms with Crippen molar-refractivity contribution in [2.45, 2.75) is 12.6 Å². The van der Waals surface area contributed by atoms with Crippen LogP contribution in [0.2, 0.25) is 10.0 Å². The van der Waals surface area contributed by atoms with Crippen LogP contribution >= 0.6 is 23.2 Å². The van der Waals surface area contributed by atoms with Crippen molar-refractivity contribution in [1.82, 2.24) is 9.88 Å². The van der Waals surface area contributed by atoms with Gasteiger partial charge < -0.3 is 20.4 Å². The fraction of sp³-hybridized carbons (Fsp3) is 0.240. The average molecular weight is 552 g/mol. The van der Waals surface area contributed by atoms with Gasteiger partial charge in [0, 0.05) is 31.2 Å². The molecule has 0 aliphatic carbocycles. The van der Waals surface area contributed by atoms with Crippen LogP contribution < -0.4 is 15.5 Å². The third kappa shape index (κ3) is 6.64. The number of rotatable bonds is 4. The molecule has 0 saturated carbocycles. The number of urea groups is 1. The summed E-state index contributed by atoms with van der Waals surface area (Å²) in [5, 5.41) is 5.47. The minimum Gasteiger partial charge on any atom is -0.355 e. The molecule has 3 aromatic rings. The molecule has 194 valence electrons. The van der Waals surface area contributed by atoms with Gasteiger partial charge in [-0.15, -0.1) is 0 Å². The van der Waals surface area contributed by atoms with E-state index in [0.717, 1.165) is 6.07 Å². The number of aromatic nitrogens is 1. The fourth-order valence-corrected chi connectivity index (χ4v) is 4.44. The molecule has 1 saturated heterocycles. The lowest BCUT2D eigenvalue weighted by atomic mass is 10.1. The van der Waals surface area contributed by atoms with E-state index in [1.165, 1.54) is 30.5 Å². The van der Waals surface area contributed by atoms with Crippen LogP contribution in [0.5, 0.6) is 0 Å². The Morgan fingerprint density at radius 1 is 0.919 bits per heavy atom. The molecule has 12 heteroatoms. The highest BCUT2D eigenvalue weighted by molar-refractivity contribution is 6.36. The lowest BCUT2D eigenvalue weighted by molar-refractivity contribution is -0.136. The number of nitrogens with zero attached hydrogens (tertiary/aromatic N) is 3. The molecule has 4 rings (SSSR count). The van der Waals surface area contributed by atoms with Crippen molar-refractivity contribution in [2.75, 3.05) is 41.7 Å². The van der Waals surface area contributed by atoms with E-state index in [-0.39, 0.29) is 11.6 Å². The van der Waals surface area contributed by atoms with E-state index in [9.17, 15) is 22.8 Å². The van der Waals surface area contributed by atoms with Gasteiger partial charge in [-0.3, -0.25) is 4.79 Å². The van der Waals surface area contributed by atoms with Crippen LogP contribution in [0.1, 0.15) is 22.3 Å². The number of pyridine rings is 1. The molecule has 3 amide bonds. The molecule has 0 spiro atoms. The number of amides is 3. The van der Waals surface area contributed by atoms with Crippen LogP contribution in [0.15, 0.2) is 60.8 Å². The predicted octanol–water partition coefficient (Wildman–Crippen LogP) is 6.40. The standard InChI is InChI=1S/C25H22Cl2F3N5O2/c26-16-6-8-18(20(27)14-16)23(36)35-11-3-10-34(12-13-35)22-9-7-17(15-31-22)32-24(37)33-21-5-2-1-4-19(21)25(28,29)30/h1-2,4-9,14-15H,3,10-13H2,(H2,32,33,37). The van der Waals surface area contributed by atoms with E-state index in [1.54, 1.807) is 29.2 Å². The van der Waals surface area contributed by atoms with Crippen molar-refractivity contribution in [3.63, 3.8) is 0 Å². The summed E-state index contributed by atoms with van der Waals surface area (Å²) < 4.78 is 39.4. The SMILES string of the molecule is O=C(Nc1ccc(N2CCCN(C(=O)c3ccc(Cl)cc3Cl)CC2)nc1)Nc1ccccc1C(F)(F)F. The first-order valence-corrected chi connectivity index (χ1v) is 12.1. The molecule has 2 heterocycles. The van der Waals surface area contributed by atoms with Crippen LogP contribution in [-0.2, 0) is 6.18 Å². The summed E-state index contributed by atoms with van der Waals surface area (Å²) in [6, 6.07) is 12.0. The number of nitrogens with one attached hydrogen (secondary N) is 2. The largest absolute Gasteiger partial charge is 0.418 e. The summed E-state index contributed by atoms with van der Waals surface area (Å²) in [6.45, 7) is 2.20. The third-order valence-electron chi connectivity index (χ3n) is 5.76. The number of para-hydroxylation sites is 1. The average Bonchev–Trinajstić information content (AvgIpc) is 3.10. The van der Waals surface area contributed by atoms with Gasteiger partial charge in [0.2, 0.25) is 0 Å². The highest BCUT2D eigenvalue weighted by Gasteiger charge is 2.33. The normalized spacial score (nSPS) is 14.2. The van der Waals surface area contributed by atoms with Crippen LogP contribution in [0.3, 0.4) is 0 Å². The van der Waals surface area contributed by atoms with E-state index in [2.05, 4.69) is 15.6 Å². The predicted molar refractivity (Wildman–Crippen MR) is 138 cm³/mol. The first kappa shape index (κ1) is 26.6. The second-order valence-electron chi connectivity index (χ2n) is 8.28. The highest BCUT2D eigenvalue weighted by atomic mass is 35.5. The second-order valence-corrected chi connectivity index (χ2v) is 9.13. The number of alkyl halides is 3. The molecule has 0 atom stereocenters. The molecule has 1 aliphatic heterocycles. The minimum absolute atomic E-state index is 0.172. The molecule has 0 unspecified atom stereocenters. The van der Waals surface area contributed by atoms with E-state index >= 15 is 0 Å². The molecule has 0 bridgehead atoms. The van der Waals surface area contributed by atoms with Gasteiger partial charge in [-0.05, 0) is 48.9 Å². The van der Waals surface area contributed by atoms with Crippen LogP contribution in [-0.4, -0.2) is 48.0 Å². The van der Waals surface area contributed by atoms with Crippen molar-refractivity contribution in [2.24, 2.45) is 0 Å². The highest BCUT2D eigenvalue weighted by Crippen LogP contribution is 2.34. The number of carbonyl (C=O) groups excluding carboxylic acids is 2. The Hall–Kier alpha value is -3.50. The number of hydrogen-bond donors (Lipinski definition) is 2. The van der Waals surface area contributed by atoms with Gasteiger partial charge in [-0.25, -0.2) is 9.78 Å². The molecule has 2 aromatic carbocycles. The van der Waals surface area contributed by atoms with Gasteiger partial charge in [0.15, 0.2) is 0 Å². The van der Waals surface area contributed by atoms with Crippen LogP contribution in [0.4, 0.5) is 35.2 Å². The summed E-state index contributed by atoms with van der Waals surface area (Å²) in [6.07, 6.45) is -2.47. The summed E-state index contributed by atoms with van der Waals surface area (Å²) >= 11 is 12.1. The van der Waals surface area contributed by atoms with Gasteiger partial charge in [0.05, 0.1) is 33.7 Å². The molecule has 37 heavy (non-hydrogen) atoms. The Kier molecular flexibility index (Phi) is 8.09. The van der Waals surface area contributed by atoms with Crippen molar-refractivity contribution in [3.05, 3.63) is 82.0 Å². The number of halogens is 5. The summed E-state index contributed by atoms with van der Waals surface area (Å²) in [5.74, 6) is 0.473. The second kappa shape index (κ2) is 11.3. The zero-order valence-electron chi connectivity index (χ0n) is 19.4. The van der Waals surface area contributed by atoms with Crippen molar-refractivity contribution < 1.29 is 22.8 Å². The molecule has 1 aromatic heterocycles. The lowest BCUT2D eigenvalue weighted by Crippen LogP contribution is -2.35. The summed E-state index contributed by atoms with van der Waals surface area (Å²) in [4.78, 5) is 33.3. The fourth-order valence-electron chi connectivity index (χ4n) is 3.95. The molecule has 0 radical (unpaired) electrons. The maximum absolute atomic E-state index is 13.1. The lowest BCUT2D eigenvalue weighted by Gasteiger charge is -2.23. The molecular weight excluding hydrogens is 530 g/mol. The Morgan fingerprint density at radius 2 is 1.70 bits per heavy atom. The Bertz CT molecular complexity index is 1290. The van der Waals surface area contributed by atoms with E-state index < -0.39 is 17.8 Å². The molecule has 1 fully saturated rings. The summed E-state index contributed by atoms with van der Waals surface area (Å²) in [5.41, 5.74) is -0.578. The van der Waals surface area contributed by atoms with E-state index in [0.29, 0.717) is 59.7 Å². The quantitative estimate of drug-likeness (QED) is 0.393. The Balaban J connectivity index is 1.35. The zero-order chi connectivity index (χ0) is 26.6. The molecular formula is C25H22Cl2F3N5O2. The van der Waals surface area contributed by atoms with Crippen molar-refractivity contribution >= 4 is 52.3 Å². The van der Waals surface area contributed by atoms with Crippen LogP contribution in [0, 0.1) is 0 Å². The van der Waals surface area contributed by atoms with E-state index in [1.807, 2.05) is 4.90 Å². The number of carbonyl (C=O) groups is 2. The topological polar surface area (TPSA) is 77.6 Å². The van der Waals surface area contributed by atoms with Gasteiger partial charge in [0.1, 0.15) is 5.82 Å². The number of hydrogen-bond acceptors (Lipinski definition) is 4. The summed E-state index contributed by atoms with van der Waals surface area (Å²) in [7, 11) is 0. The maximum Gasteiger partial charge on any atom is 0.418 e. The zero-order valence-corrected chi connectivity index (χ0v) is 20.9. The van der Waals surface area contributed by atoms with E-state index in [4.69, 9.17) is 23.2 Å².